The number of benzene rings is 2. The van der Waals surface area contributed by atoms with Crippen LogP contribution in [0.25, 0.3) is 23.4 Å². The molecule has 7 heteroatoms. The highest BCUT2D eigenvalue weighted by atomic mass is 19.1. The number of nitriles is 1. The smallest absolute Gasteiger partial charge is 0.224 e. The van der Waals surface area contributed by atoms with Crippen LogP contribution in [0.1, 0.15) is 24.8 Å². The van der Waals surface area contributed by atoms with Crippen LogP contribution >= 0.6 is 0 Å². The van der Waals surface area contributed by atoms with Crippen molar-refractivity contribution in [1.29, 1.82) is 5.26 Å². The first-order chi connectivity index (χ1) is 17.1. The van der Waals surface area contributed by atoms with Gasteiger partial charge in [-0.15, -0.1) is 0 Å². The molecule has 3 aliphatic rings. The third-order valence-corrected chi connectivity index (χ3v) is 6.73. The average Bonchev–Trinajstić information content (AvgIpc) is 2.89. The van der Waals surface area contributed by atoms with Crippen molar-refractivity contribution in [3.63, 3.8) is 0 Å². The van der Waals surface area contributed by atoms with Crippen LogP contribution in [0.5, 0.6) is 0 Å². The first-order valence-corrected chi connectivity index (χ1v) is 12.0. The minimum Gasteiger partial charge on any atom is -0.387 e. The summed E-state index contributed by atoms with van der Waals surface area (Å²) in [6, 6.07) is 14.1. The molecule has 6 nitrogen and oxygen atoms in total. The molecule has 1 unspecified atom stereocenters. The summed E-state index contributed by atoms with van der Waals surface area (Å²) in [5.74, 6) is -0.356. The van der Waals surface area contributed by atoms with E-state index in [0.29, 0.717) is 18.7 Å². The van der Waals surface area contributed by atoms with Crippen molar-refractivity contribution >= 4 is 23.9 Å². The maximum Gasteiger partial charge on any atom is 0.224 e. The Bertz CT molecular complexity index is 1350. The minimum atomic E-state index is -0.401. The van der Waals surface area contributed by atoms with E-state index >= 15 is 0 Å². The predicted molar refractivity (Wildman–Crippen MR) is 136 cm³/mol. The van der Waals surface area contributed by atoms with Gasteiger partial charge in [0, 0.05) is 42.8 Å². The minimum absolute atomic E-state index is 0.0455. The summed E-state index contributed by atoms with van der Waals surface area (Å²) in [6.07, 6.45) is 11.0. The van der Waals surface area contributed by atoms with E-state index in [1.807, 2.05) is 41.4 Å². The number of allylic oxidation sites excluding steroid dienone is 2. The SMILES string of the molecule is N#Cc1cccc(-c2cc(NC3CCN(C(=O)CC4C=CC=C(F)N4)CC3)c3c(c2)=CCNC=3)c1. The van der Waals surface area contributed by atoms with Crippen LogP contribution in [0.3, 0.4) is 0 Å². The summed E-state index contributed by atoms with van der Waals surface area (Å²) in [6.45, 7) is 2.12. The highest BCUT2D eigenvalue weighted by Crippen LogP contribution is 2.23. The second kappa shape index (κ2) is 10.1. The van der Waals surface area contributed by atoms with Crippen molar-refractivity contribution < 1.29 is 9.18 Å². The number of hydrogen-bond acceptors (Lipinski definition) is 5. The Balaban J connectivity index is 1.28. The maximum atomic E-state index is 13.4. The summed E-state index contributed by atoms with van der Waals surface area (Å²) < 4.78 is 13.4. The zero-order chi connectivity index (χ0) is 24.2. The van der Waals surface area contributed by atoms with E-state index in [-0.39, 0.29) is 24.4 Å². The van der Waals surface area contributed by atoms with Gasteiger partial charge in [-0.25, -0.2) is 0 Å². The van der Waals surface area contributed by atoms with Gasteiger partial charge in [-0.2, -0.15) is 9.65 Å². The quantitative estimate of drug-likeness (QED) is 0.587. The Morgan fingerprint density at radius 2 is 2.06 bits per heavy atom. The molecule has 3 N–H and O–H groups in total. The number of carbonyl (C=O) groups excluding carboxylic acids is 1. The summed E-state index contributed by atoms with van der Waals surface area (Å²) >= 11 is 0. The topological polar surface area (TPSA) is 80.2 Å². The van der Waals surface area contributed by atoms with Crippen LogP contribution in [-0.4, -0.2) is 42.5 Å². The largest absolute Gasteiger partial charge is 0.387 e. The van der Waals surface area contributed by atoms with Crippen molar-refractivity contribution in [2.24, 2.45) is 0 Å². The van der Waals surface area contributed by atoms with Crippen molar-refractivity contribution in [2.75, 3.05) is 25.0 Å². The second-order valence-corrected chi connectivity index (χ2v) is 9.13. The lowest BCUT2D eigenvalue weighted by atomic mass is 9.98. The standard InChI is InChI=1S/C28H28FN5O/c29-27-6-2-5-24(33-27)16-28(35)34-11-8-23(9-12-34)32-26-15-22(14-21-7-10-31-18-25(21)26)20-4-1-3-19(13-20)17-30/h1-7,13-15,18,23-24,31-33H,8-12,16H2. The Morgan fingerprint density at radius 1 is 1.20 bits per heavy atom. The molecular formula is C28H28FN5O. The third-order valence-electron chi connectivity index (χ3n) is 6.73. The van der Waals surface area contributed by atoms with E-state index in [0.717, 1.165) is 46.6 Å². The lowest BCUT2D eigenvalue weighted by molar-refractivity contribution is -0.132. The number of dihydropyridines is 1. The number of fused-ring (bicyclic) bond motifs is 1. The zero-order valence-corrected chi connectivity index (χ0v) is 19.4. The molecule has 1 atom stereocenters. The van der Waals surface area contributed by atoms with Gasteiger partial charge in [0.2, 0.25) is 5.91 Å². The number of likely N-dealkylation sites (tertiary alicyclic amines) is 1. The Kier molecular flexibility index (Phi) is 6.53. The van der Waals surface area contributed by atoms with Crippen LogP contribution in [0.2, 0.25) is 0 Å². The molecule has 0 radical (unpaired) electrons. The summed E-state index contributed by atoms with van der Waals surface area (Å²) in [7, 11) is 0. The highest BCUT2D eigenvalue weighted by molar-refractivity contribution is 5.77. The molecule has 0 bridgehead atoms. The molecule has 5 rings (SSSR count). The number of anilines is 1. The van der Waals surface area contributed by atoms with E-state index in [9.17, 15) is 14.4 Å². The lowest BCUT2D eigenvalue weighted by Gasteiger charge is -2.34. The molecular weight excluding hydrogens is 441 g/mol. The number of hydrogen-bond donors (Lipinski definition) is 3. The van der Waals surface area contributed by atoms with Gasteiger partial charge in [-0.1, -0.05) is 30.4 Å². The molecule has 2 aromatic carbocycles. The number of amides is 1. The number of piperidine rings is 1. The predicted octanol–water partition coefficient (Wildman–Crippen LogP) is 2.48. The van der Waals surface area contributed by atoms with Crippen molar-refractivity contribution in [2.45, 2.75) is 31.3 Å². The number of nitrogens with zero attached hydrogens (tertiary/aromatic N) is 2. The van der Waals surface area contributed by atoms with Crippen LogP contribution in [0.4, 0.5) is 10.1 Å². The van der Waals surface area contributed by atoms with Crippen molar-refractivity contribution in [1.82, 2.24) is 15.5 Å². The Labute approximate surface area is 204 Å². The van der Waals surface area contributed by atoms with Gasteiger partial charge >= 0.3 is 0 Å². The van der Waals surface area contributed by atoms with Crippen molar-refractivity contribution in [3.05, 3.63) is 76.6 Å². The van der Waals surface area contributed by atoms with Gasteiger partial charge in [0.1, 0.15) is 0 Å². The fourth-order valence-corrected chi connectivity index (χ4v) is 4.87. The third kappa shape index (κ3) is 5.22. The molecule has 2 aromatic rings. The normalized spacial score (nSPS) is 19.1. The van der Waals surface area contributed by atoms with Gasteiger partial charge in [0.25, 0.3) is 0 Å². The molecule has 3 aliphatic heterocycles. The zero-order valence-electron chi connectivity index (χ0n) is 19.4. The van der Waals surface area contributed by atoms with Crippen LogP contribution < -0.4 is 26.4 Å². The first kappa shape index (κ1) is 22.7. The first-order valence-electron chi connectivity index (χ1n) is 12.0. The number of carbonyl (C=O) groups is 1. The molecule has 0 aromatic heterocycles. The van der Waals surface area contributed by atoms with Gasteiger partial charge in [0.15, 0.2) is 5.95 Å². The van der Waals surface area contributed by atoms with E-state index < -0.39 is 5.95 Å². The molecule has 178 valence electrons. The molecule has 3 heterocycles. The van der Waals surface area contributed by atoms with E-state index in [4.69, 9.17) is 0 Å². The lowest BCUT2D eigenvalue weighted by Crippen LogP contribution is -2.45. The molecule has 1 fully saturated rings. The van der Waals surface area contributed by atoms with Crippen LogP contribution in [-0.2, 0) is 4.79 Å². The summed E-state index contributed by atoms with van der Waals surface area (Å²) in [4.78, 5) is 14.6. The van der Waals surface area contributed by atoms with Gasteiger partial charge in [-0.05, 0) is 59.5 Å². The van der Waals surface area contributed by atoms with E-state index in [1.54, 1.807) is 6.08 Å². The van der Waals surface area contributed by atoms with Crippen LogP contribution in [0.15, 0.2) is 60.6 Å². The highest BCUT2D eigenvalue weighted by Gasteiger charge is 2.25. The van der Waals surface area contributed by atoms with Gasteiger partial charge in [0.05, 0.1) is 24.1 Å². The number of rotatable bonds is 5. The number of halogens is 1. The van der Waals surface area contributed by atoms with Gasteiger partial charge in [-0.3, -0.25) is 4.79 Å². The Morgan fingerprint density at radius 3 is 2.86 bits per heavy atom. The molecule has 1 amide bonds. The number of nitrogens with one attached hydrogen (secondary N) is 3. The fourth-order valence-electron chi connectivity index (χ4n) is 4.87. The molecule has 0 aliphatic carbocycles. The fraction of sp³-hybridized carbons (Fsp3) is 0.286. The monoisotopic (exact) mass is 469 g/mol. The Hall–Kier alpha value is -4.05. The molecule has 1 saturated heterocycles. The van der Waals surface area contributed by atoms with E-state index in [2.05, 4.69) is 40.2 Å². The molecule has 35 heavy (non-hydrogen) atoms. The second-order valence-electron chi connectivity index (χ2n) is 9.13. The van der Waals surface area contributed by atoms with Gasteiger partial charge < -0.3 is 20.9 Å². The van der Waals surface area contributed by atoms with Crippen LogP contribution in [0, 0.1) is 11.3 Å². The molecule has 0 spiro atoms. The average molecular weight is 470 g/mol. The molecule has 0 saturated carbocycles. The maximum absolute atomic E-state index is 13.4. The van der Waals surface area contributed by atoms with Crippen molar-refractivity contribution in [3.8, 4) is 17.2 Å². The summed E-state index contributed by atoms with van der Waals surface area (Å²) in [5.41, 5.74) is 3.77. The summed E-state index contributed by atoms with van der Waals surface area (Å²) in [5, 5.41) is 21.3. The van der Waals surface area contributed by atoms with E-state index in [1.165, 1.54) is 6.08 Å².